The van der Waals surface area contributed by atoms with Crippen LogP contribution in [-0.2, 0) is 20.0 Å². The van der Waals surface area contributed by atoms with Gasteiger partial charge in [-0.15, -0.1) is 0 Å². The molecule has 0 aromatic carbocycles. The second-order valence-corrected chi connectivity index (χ2v) is 0. The van der Waals surface area contributed by atoms with Crippen LogP contribution in [0.4, 0.5) is 0 Å². The van der Waals surface area contributed by atoms with Crippen molar-refractivity contribution in [1.82, 2.24) is 0 Å². The summed E-state index contributed by atoms with van der Waals surface area (Å²) in [5, 5.41) is 0. The van der Waals surface area contributed by atoms with E-state index in [4.69, 9.17) is 0 Å². The van der Waals surface area contributed by atoms with Gasteiger partial charge in [-0.2, -0.15) is 0 Å². The molecule has 0 saturated heterocycles. The van der Waals surface area contributed by atoms with Crippen LogP contribution in [0.25, 0.3) is 0 Å². The molecule has 0 atom stereocenters. The molecule has 0 aliphatic rings. The second-order valence-electron chi connectivity index (χ2n) is 0. The molecule has 0 spiro atoms. The van der Waals surface area contributed by atoms with Crippen molar-refractivity contribution in [3.8, 4) is 0 Å². The fourth-order valence-corrected chi connectivity index (χ4v) is 0. The van der Waals surface area contributed by atoms with E-state index >= 15 is 0 Å². The monoisotopic (exact) mass is 258 g/mol. The first-order valence-electron chi connectivity index (χ1n) is 0.114. The van der Waals surface area contributed by atoms with Gasteiger partial charge in [0.1, 0.15) is 0 Å². The topological polar surface area (TPSA) is 0 Å². The molecule has 0 unspecified atom stereocenters. The summed E-state index contributed by atoms with van der Waals surface area (Å²) in [6.07, 6.45) is 0. The SMILES string of the molecule is [Cl-].[Cl-].[Cl][Ag].[Na+].[Na+]. The number of hydrogen-bond donors (Lipinski definition) is 0. The van der Waals surface area contributed by atoms with Crippen LogP contribution in [-0.4, -0.2) is 0 Å². The van der Waals surface area contributed by atoms with Gasteiger partial charge in [0.15, 0.2) is 0 Å². The van der Waals surface area contributed by atoms with Crippen LogP contribution in [0.3, 0.4) is 0 Å². The molecular formula is AgCl3Na2. The molecule has 0 bridgehead atoms. The van der Waals surface area contributed by atoms with Crippen LogP contribution < -0.4 is 83.9 Å². The van der Waals surface area contributed by atoms with Crippen molar-refractivity contribution < 1.29 is 104 Å². The van der Waals surface area contributed by atoms with E-state index in [0.717, 1.165) is 0 Å². The molecule has 0 N–H and O–H groups in total. The summed E-state index contributed by atoms with van der Waals surface area (Å²) in [5.41, 5.74) is 0. The van der Waals surface area contributed by atoms with Gasteiger partial charge in [-0.3, -0.25) is 0 Å². The molecule has 0 heterocycles. The molecule has 0 amide bonds. The van der Waals surface area contributed by atoms with Crippen LogP contribution in [0.1, 0.15) is 0 Å². The summed E-state index contributed by atoms with van der Waals surface area (Å²) in [6, 6.07) is 0. The van der Waals surface area contributed by atoms with Crippen LogP contribution in [0.5, 0.6) is 0 Å². The van der Waals surface area contributed by atoms with Crippen LogP contribution in [0, 0.1) is 0 Å². The van der Waals surface area contributed by atoms with E-state index < -0.39 is 0 Å². The maximum atomic E-state index is 4.45. The van der Waals surface area contributed by atoms with Gasteiger partial charge < -0.3 is 24.8 Å². The minimum atomic E-state index is 0. The Kier molecular flexibility index (Phi) is 214. The van der Waals surface area contributed by atoms with Crippen molar-refractivity contribution >= 4 is 9.19 Å². The van der Waals surface area contributed by atoms with Gasteiger partial charge in [0.2, 0.25) is 0 Å². The Balaban J connectivity index is -0.000000000833. The Bertz CT molecular complexity index is 8.75. The molecule has 0 fully saturated rings. The van der Waals surface area contributed by atoms with Crippen molar-refractivity contribution in [3.63, 3.8) is 0 Å². The van der Waals surface area contributed by atoms with Crippen LogP contribution >= 0.6 is 9.19 Å². The van der Waals surface area contributed by atoms with E-state index in [0.29, 0.717) is 0 Å². The van der Waals surface area contributed by atoms with E-state index in [9.17, 15) is 0 Å². The van der Waals surface area contributed by atoms with Gasteiger partial charge in [-0.25, -0.2) is 0 Å². The molecule has 34 valence electrons. The predicted octanol–water partition coefficient (Wildman–Crippen LogP) is -11.3. The van der Waals surface area contributed by atoms with E-state index in [1.165, 1.54) is 0 Å². The van der Waals surface area contributed by atoms with Gasteiger partial charge >= 0.3 is 88.3 Å². The zero-order valence-corrected chi connectivity index (χ0v) is 11.2. The van der Waals surface area contributed by atoms with Gasteiger partial charge in [-0.05, 0) is 0 Å². The molecule has 0 rings (SSSR count). The van der Waals surface area contributed by atoms with E-state index in [1.807, 2.05) is 0 Å². The fraction of sp³-hybridized carbons (Fsp3) is 0. The maximum absolute atomic E-state index is 4.45. The first-order valence-corrected chi connectivity index (χ1v) is 2.02. The summed E-state index contributed by atoms with van der Waals surface area (Å²) < 4.78 is 0. The van der Waals surface area contributed by atoms with Crippen molar-refractivity contribution in [2.24, 2.45) is 0 Å². The molecule has 0 aliphatic carbocycles. The molecule has 6 heteroatoms. The second kappa shape index (κ2) is 38.3. The maximum Gasteiger partial charge on any atom is 1.00 e. The van der Waals surface area contributed by atoms with Gasteiger partial charge in [0.25, 0.3) is 0 Å². The first-order chi connectivity index (χ1) is 1.00. The number of hydrogen-bond acceptors (Lipinski definition) is 0. The molecule has 0 aromatic rings. The summed E-state index contributed by atoms with van der Waals surface area (Å²) in [4.78, 5) is 0. The Labute approximate surface area is 111 Å². The van der Waals surface area contributed by atoms with Gasteiger partial charge in [-0.1, -0.05) is 0 Å². The van der Waals surface area contributed by atoms with Crippen LogP contribution in [0.2, 0.25) is 0 Å². The Morgan fingerprint density at radius 3 is 0.833 bits per heavy atom. The summed E-state index contributed by atoms with van der Waals surface area (Å²) >= 11 is 2.42. The van der Waals surface area contributed by atoms with Gasteiger partial charge in [0, 0.05) is 0 Å². The Morgan fingerprint density at radius 1 is 0.833 bits per heavy atom. The molecular weight excluding hydrogens is 260 g/mol. The standard InChI is InChI=1S/Ag.3ClH.2Na/h;3*1H;;/q+1;;;;2*+1/p-3. The van der Waals surface area contributed by atoms with E-state index in [-0.39, 0.29) is 83.9 Å². The normalized spacial score (nSPS) is 1.17. The quantitative estimate of drug-likeness (QED) is 0.380. The minimum absolute atomic E-state index is 0. The zero-order chi connectivity index (χ0) is 2.00. The third kappa shape index (κ3) is 25.5. The molecule has 6 heavy (non-hydrogen) atoms. The molecule has 0 aliphatic heterocycles. The third-order valence-electron chi connectivity index (χ3n) is 0. The third-order valence-corrected chi connectivity index (χ3v) is 0. The number of halogens is 3. The van der Waals surface area contributed by atoms with E-state index in [2.05, 4.69) is 29.2 Å². The van der Waals surface area contributed by atoms with Crippen molar-refractivity contribution in [2.75, 3.05) is 0 Å². The minimum Gasteiger partial charge on any atom is 1.00 e. The fourth-order valence-electron chi connectivity index (χ4n) is 0. The number of rotatable bonds is 0. The van der Waals surface area contributed by atoms with E-state index in [1.54, 1.807) is 0 Å². The predicted molar refractivity (Wildman–Crippen MR) is 5.85 cm³/mol. The van der Waals surface area contributed by atoms with Crippen LogP contribution in [0.15, 0.2) is 0 Å². The summed E-state index contributed by atoms with van der Waals surface area (Å²) in [6.45, 7) is 0. The molecule has 0 saturated carbocycles. The Hall–Kier alpha value is 3.61. The van der Waals surface area contributed by atoms with Crippen molar-refractivity contribution in [1.29, 1.82) is 0 Å². The molecule has 0 aromatic heterocycles. The summed E-state index contributed by atoms with van der Waals surface area (Å²) in [5.74, 6) is 0. The first kappa shape index (κ1) is 33.5. The average Bonchev–Trinajstić information content (AvgIpc) is 1.00. The average molecular weight is 260 g/mol. The van der Waals surface area contributed by atoms with Crippen molar-refractivity contribution in [3.05, 3.63) is 0 Å². The molecule has 0 nitrogen and oxygen atoms in total. The zero-order valence-electron chi connectivity index (χ0n) is 3.44. The largest absolute Gasteiger partial charge is 1.00 e. The Morgan fingerprint density at radius 2 is 0.833 bits per heavy atom. The summed E-state index contributed by atoms with van der Waals surface area (Å²) in [7, 11) is 4.45. The van der Waals surface area contributed by atoms with Gasteiger partial charge in [0.05, 0.1) is 0 Å². The molecule has 0 radical (unpaired) electrons. The smallest absolute Gasteiger partial charge is 1.00 e. The van der Waals surface area contributed by atoms with Crippen molar-refractivity contribution in [2.45, 2.75) is 0 Å².